The molecule has 0 spiro atoms. The second-order valence-electron chi connectivity index (χ2n) is 15.2. The second-order valence-corrected chi connectivity index (χ2v) is 16.2. The Morgan fingerprint density at radius 1 is 0.814 bits per heavy atom. The summed E-state index contributed by atoms with van der Waals surface area (Å²) in [6, 6.07) is 10.2. The number of nitrogens with one attached hydrogen (secondary N) is 6. The number of H-pyrrole nitrogens is 1. The summed E-state index contributed by atoms with van der Waals surface area (Å²) in [5.74, 6) is 1.82. The minimum absolute atomic E-state index is 0.0128. The smallest absolute Gasteiger partial charge is 0.256 e. The van der Waals surface area contributed by atoms with E-state index in [0.717, 1.165) is 22.0 Å². The molecule has 1 saturated heterocycles. The number of carbonyl (C=O) groups excluding carboxylic acids is 7. The fraction of sp³-hybridized carbons (Fsp3) is 0.488. The summed E-state index contributed by atoms with van der Waals surface area (Å²) < 4.78 is 0. The van der Waals surface area contributed by atoms with E-state index in [0.29, 0.717) is 25.0 Å². The number of nitrogens with two attached hydrogens (primary N) is 3. The first-order valence-corrected chi connectivity index (χ1v) is 21.3. The summed E-state index contributed by atoms with van der Waals surface area (Å²) in [6.07, 6.45) is 4.97. The van der Waals surface area contributed by atoms with E-state index in [-0.39, 0.29) is 44.6 Å². The lowest BCUT2D eigenvalue weighted by Crippen LogP contribution is -2.60. The van der Waals surface area contributed by atoms with Gasteiger partial charge in [-0.05, 0) is 67.2 Å². The fourth-order valence-corrected chi connectivity index (χ4v) is 7.58. The van der Waals surface area contributed by atoms with E-state index in [2.05, 4.69) is 31.7 Å². The summed E-state index contributed by atoms with van der Waals surface area (Å²) in [6.45, 7) is 4.02. The molecule has 2 heterocycles. The number of nitrogens with zero attached hydrogens (tertiary/aromatic N) is 1. The number of hydrogen-bond acceptors (Lipinski definition) is 10. The van der Waals surface area contributed by atoms with Crippen LogP contribution in [0.3, 0.4) is 0 Å². The maximum absolute atomic E-state index is 14.6. The number of benzene rings is 2. The molecule has 4 rings (SSSR count). The largest absolute Gasteiger partial charge is 0.370 e. The lowest BCUT2D eigenvalue weighted by Gasteiger charge is -2.31. The van der Waals surface area contributed by atoms with Crippen LogP contribution in [0.2, 0.25) is 0 Å². The van der Waals surface area contributed by atoms with E-state index >= 15 is 0 Å². The van der Waals surface area contributed by atoms with Crippen LogP contribution in [0, 0.1) is 5.92 Å². The Hall–Kier alpha value is -5.46. The van der Waals surface area contributed by atoms with E-state index < -0.39 is 77.6 Å². The van der Waals surface area contributed by atoms with Crippen molar-refractivity contribution in [3.8, 4) is 0 Å². The number of primary amides is 1. The molecule has 0 bridgehead atoms. The van der Waals surface area contributed by atoms with Crippen molar-refractivity contribution in [1.82, 2.24) is 36.6 Å². The number of para-hydroxylation sites is 1. The van der Waals surface area contributed by atoms with Gasteiger partial charge in [0.1, 0.15) is 30.2 Å². The molecule has 6 atom stereocenters. The molecule has 1 aromatic heterocycles. The van der Waals surface area contributed by atoms with Crippen LogP contribution in [0.15, 0.2) is 60.8 Å². The third kappa shape index (κ3) is 13.5. The first-order valence-electron chi connectivity index (χ1n) is 19.9. The molecule has 0 aliphatic carbocycles. The van der Waals surface area contributed by atoms with Gasteiger partial charge in [0, 0.05) is 42.9 Å². The molecule has 7 amide bonds. The van der Waals surface area contributed by atoms with Gasteiger partial charge >= 0.3 is 0 Å². The Kier molecular flexibility index (Phi) is 17.7. The minimum atomic E-state index is -1.19. The van der Waals surface area contributed by atoms with Crippen molar-refractivity contribution in [3.05, 3.63) is 71.9 Å². The highest BCUT2D eigenvalue weighted by atomic mass is 32.2. The Morgan fingerprint density at radius 3 is 2.15 bits per heavy atom. The number of aromatic amines is 1. The number of aromatic nitrogens is 1. The topological polar surface area (TPSA) is 277 Å². The van der Waals surface area contributed by atoms with E-state index in [1.807, 2.05) is 62.6 Å². The molecule has 1 aliphatic heterocycles. The molecule has 0 radical (unpaired) electrons. The number of hydrogen-bond donors (Lipinski definition) is 9. The number of likely N-dealkylation sites (tertiary alicyclic amines) is 1. The van der Waals surface area contributed by atoms with Crippen LogP contribution in [0.1, 0.15) is 63.5 Å². The summed E-state index contributed by atoms with van der Waals surface area (Å²) >= 11 is 1.50. The van der Waals surface area contributed by atoms with Crippen molar-refractivity contribution < 1.29 is 33.6 Å². The quantitative estimate of drug-likeness (QED) is 0.0379. The number of hydrazine groups is 1. The van der Waals surface area contributed by atoms with Gasteiger partial charge in [0.05, 0.1) is 6.04 Å². The summed E-state index contributed by atoms with van der Waals surface area (Å²) in [5.41, 5.74) is 15.7. The van der Waals surface area contributed by atoms with Gasteiger partial charge in [0.25, 0.3) is 5.91 Å². The molecule has 17 nitrogen and oxygen atoms in total. The molecule has 1 fully saturated rings. The maximum atomic E-state index is 14.6. The highest BCUT2D eigenvalue weighted by molar-refractivity contribution is 7.98. The Labute approximate surface area is 348 Å². The molecule has 1 aliphatic rings. The van der Waals surface area contributed by atoms with Crippen LogP contribution >= 0.6 is 11.8 Å². The lowest BCUT2D eigenvalue weighted by molar-refractivity contribution is -0.142. The first kappa shape index (κ1) is 46.2. The zero-order valence-corrected chi connectivity index (χ0v) is 34.6. The fourth-order valence-electron chi connectivity index (χ4n) is 7.11. The Morgan fingerprint density at radius 2 is 1.47 bits per heavy atom. The third-order valence-corrected chi connectivity index (χ3v) is 10.9. The van der Waals surface area contributed by atoms with Crippen molar-refractivity contribution in [3.63, 3.8) is 0 Å². The number of carbonyl (C=O) groups is 7. The standard InChI is InChI=1S/C41H58N10O7S/c1-24(2)20-31(37(54)46-30(17-19-59-3)39(56)50-44)48-40(57)34-14-9-18-51(34)41(58)33(21-25-10-5-4-6-11-25)49-38(55)32(47-36(53)28(42)15-16-35(43)52)22-26-23-45-29-13-8-7-12-27(26)29/h4-8,10-13,23-24,28,30-34,45H,9,14-22,42,44H2,1-3H3,(H2,43,52)(H,46,54)(H,47,53)(H,48,57)(H,49,55)(H,50,56)/t28-,30-,31-,32-,33-,34-/m0/s1. The van der Waals surface area contributed by atoms with Crippen LogP contribution < -0.4 is 44.0 Å². The predicted octanol–water partition coefficient (Wildman–Crippen LogP) is 0.265. The predicted molar refractivity (Wildman–Crippen MR) is 226 cm³/mol. The number of rotatable bonds is 22. The summed E-state index contributed by atoms with van der Waals surface area (Å²) in [5, 5.41) is 12.0. The number of amides is 7. The summed E-state index contributed by atoms with van der Waals surface area (Å²) in [7, 11) is 0. The average Bonchev–Trinajstić information content (AvgIpc) is 3.88. The van der Waals surface area contributed by atoms with Crippen molar-refractivity contribution in [1.29, 1.82) is 0 Å². The monoisotopic (exact) mass is 834 g/mol. The zero-order valence-electron chi connectivity index (χ0n) is 33.8. The van der Waals surface area contributed by atoms with Crippen molar-refractivity contribution in [2.24, 2.45) is 23.2 Å². The molecule has 12 N–H and O–H groups in total. The van der Waals surface area contributed by atoms with E-state index in [9.17, 15) is 33.6 Å². The highest BCUT2D eigenvalue weighted by Crippen LogP contribution is 2.22. The SMILES string of the molecule is CSCC[C@H](NC(=O)[C@H](CC(C)C)NC(=O)[C@@H]1CCCN1C(=O)[C@H](Cc1ccccc1)NC(=O)[C@H](Cc1c[nH]c2ccccc12)NC(=O)[C@@H](N)CCC(N)=O)C(=O)NN. The van der Waals surface area contributed by atoms with Crippen molar-refractivity contribution in [2.75, 3.05) is 18.6 Å². The molecule has 0 saturated carbocycles. The van der Waals surface area contributed by atoms with Crippen molar-refractivity contribution >= 4 is 64.0 Å². The summed E-state index contributed by atoms with van der Waals surface area (Å²) in [4.78, 5) is 98.2. The van der Waals surface area contributed by atoms with Crippen LogP contribution in [-0.4, -0.2) is 106 Å². The lowest BCUT2D eigenvalue weighted by atomic mass is 10.0. The molecule has 320 valence electrons. The van der Waals surface area contributed by atoms with Crippen LogP contribution in [0.5, 0.6) is 0 Å². The minimum Gasteiger partial charge on any atom is -0.370 e. The van der Waals surface area contributed by atoms with E-state index in [1.54, 1.807) is 18.3 Å². The molecule has 18 heteroatoms. The van der Waals surface area contributed by atoms with Gasteiger partial charge in [0.2, 0.25) is 35.4 Å². The van der Waals surface area contributed by atoms with Gasteiger partial charge in [-0.3, -0.25) is 39.0 Å². The third-order valence-electron chi connectivity index (χ3n) is 10.2. The van der Waals surface area contributed by atoms with E-state index in [4.69, 9.17) is 17.3 Å². The molecular weight excluding hydrogens is 777 g/mol. The zero-order chi connectivity index (χ0) is 43.1. The molecule has 0 unspecified atom stereocenters. The van der Waals surface area contributed by atoms with Crippen LogP contribution in [0.4, 0.5) is 0 Å². The van der Waals surface area contributed by atoms with Gasteiger partial charge < -0.3 is 42.6 Å². The first-order chi connectivity index (χ1) is 28.2. The van der Waals surface area contributed by atoms with Gasteiger partial charge in [-0.15, -0.1) is 0 Å². The van der Waals surface area contributed by atoms with Gasteiger partial charge in [-0.2, -0.15) is 11.8 Å². The van der Waals surface area contributed by atoms with Gasteiger partial charge in [-0.1, -0.05) is 62.4 Å². The molecule has 59 heavy (non-hydrogen) atoms. The second kappa shape index (κ2) is 22.6. The van der Waals surface area contributed by atoms with E-state index in [1.165, 1.54) is 16.7 Å². The van der Waals surface area contributed by atoms with Gasteiger partial charge in [-0.25, -0.2) is 5.84 Å². The van der Waals surface area contributed by atoms with Gasteiger partial charge in [0.15, 0.2) is 0 Å². The van der Waals surface area contributed by atoms with Crippen LogP contribution in [0.25, 0.3) is 10.9 Å². The molecular formula is C41H58N10O7S. The normalized spacial score (nSPS) is 16.4. The average molecular weight is 835 g/mol. The Balaban J connectivity index is 1.59. The van der Waals surface area contributed by atoms with Crippen molar-refractivity contribution in [2.45, 2.75) is 101 Å². The number of thioether (sulfide) groups is 1. The van der Waals surface area contributed by atoms with Crippen LogP contribution in [-0.2, 0) is 46.4 Å². The molecule has 3 aromatic rings. The number of fused-ring (bicyclic) bond motifs is 1. The maximum Gasteiger partial charge on any atom is 0.256 e. The molecule has 2 aromatic carbocycles. The highest BCUT2D eigenvalue weighted by Gasteiger charge is 2.40. The Bertz CT molecular complexity index is 1930.